The lowest BCUT2D eigenvalue weighted by atomic mass is 9.90. The number of carbonyl (C=O) groups excluding carboxylic acids is 1. The standard InChI is InChI=1S/C31H38FN4O6/c32-25-29(42-24-13-5-7-16-39-24)22(17-40-23-12-4-6-15-38-23)41-31(25)36-19-35-14-8-11-21(26-27(35)30(36)34-18-33-26)28(37)20-9-2-1-3-10-20/h1-3,9-10,18-19,21-25,29,31H,4-8,11-17H2/q+1/t21?,22-,23?,24?,25-,29-,31-/m1/s1. The summed E-state index contributed by atoms with van der Waals surface area (Å²) < 4.78 is 50.4. The number of carbonyl (C=O) groups is 1. The second-order valence-corrected chi connectivity index (χ2v) is 11.6. The number of Topliss-reactive ketones (excluding diaryl/α,β-unsaturated/α-hetero) is 1. The molecule has 0 saturated carbocycles. The third kappa shape index (κ3) is 5.48. The quantitative estimate of drug-likeness (QED) is 0.289. The normalized spacial score (nSPS) is 31.7. The summed E-state index contributed by atoms with van der Waals surface area (Å²) in [6, 6.07) is 9.30. The summed E-state index contributed by atoms with van der Waals surface area (Å²) in [5.41, 5.74) is 2.59. The Morgan fingerprint density at radius 2 is 1.79 bits per heavy atom. The molecule has 0 aliphatic carbocycles. The van der Waals surface area contributed by atoms with Gasteiger partial charge in [-0.3, -0.25) is 9.36 Å². The zero-order valence-corrected chi connectivity index (χ0v) is 23.7. The number of aromatic nitrogens is 4. The Hall–Kier alpha value is -2.83. The summed E-state index contributed by atoms with van der Waals surface area (Å²) in [7, 11) is 0. The number of benzene rings is 1. The molecule has 0 bridgehead atoms. The summed E-state index contributed by atoms with van der Waals surface area (Å²) in [6.07, 6.45) is 5.43. The molecule has 3 aromatic rings. The molecule has 6 heterocycles. The summed E-state index contributed by atoms with van der Waals surface area (Å²) in [5, 5.41) is 0. The highest BCUT2D eigenvalue weighted by atomic mass is 19.1. The predicted molar refractivity (Wildman–Crippen MR) is 147 cm³/mol. The van der Waals surface area contributed by atoms with Gasteiger partial charge in [-0.15, -0.1) is 0 Å². The molecule has 42 heavy (non-hydrogen) atoms. The van der Waals surface area contributed by atoms with Crippen LogP contribution in [0.25, 0.3) is 11.2 Å². The van der Waals surface area contributed by atoms with Crippen molar-refractivity contribution >= 4 is 16.9 Å². The molecule has 10 nitrogen and oxygen atoms in total. The lowest BCUT2D eigenvalue weighted by Gasteiger charge is -2.29. The van der Waals surface area contributed by atoms with Crippen LogP contribution in [-0.2, 0) is 30.2 Å². The molecule has 11 heteroatoms. The number of hydrogen-bond acceptors (Lipinski definition) is 8. The van der Waals surface area contributed by atoms with Crippen molar-refractivity contribution < 1.29 is 37.4 Å². The van der Waals surface area contributed by atoms with E-state index in [2.05, 4.69) is 9.97 Å². The van der Waals surface area contributed by atoms with Gasteiger partial charge in [0, 0.05) is 18.8 Å². The Bertz CT molecular complexity index is 1380. The smallest absolute Gasteiger partial charge is 0.307 e. The zero-order chi connectivity index (χ0) is 28.5. The lowest BCUT2D eigenvalue weighted by molar-refractivity contribution is -0.744. The van der Waals surface area contributed by atoms with Crippen LogP contribution >= 0.6 is 0 Å². The van der Waals surface area contributed by atoms with Crippen LogP contribution in [0.4, 0.5) is 4.39 Å². The van der Waals surface area contributed by atoms with E-state index in [1.165, 1.54) is 6.33 Å². The number of halogens is 1. The van der Waals surface area contributed by atoms with Gasteiger partial charge in [0.05, 0.1) is 19.1 Å². The van der Waals surface area contributed by atoms with E-state index < -0.39 is 36.8 Å². The van der Waals surface area contributed by atoms with Gasteiger partial charge in [-0.1, -0.05) is 35.3 Å². The number of hydrogen-bond donors (Lipinski definition) is 0. The van der Waals surface area contributed by atoms with Gasteiger partial charge in [-0.2, -0.15) is 0 Å². The molecule has 7 rings (SSSR count). The molecule has 0 spiro atoms. The van der Waals surface area contributed by atoms with Gasteiger partial charge in [-0.25, -0.2) is 13.9 Å². The third-order valence-electron chi connectivity index (χ3n) is 8.80. The van der Waals surface area contributed by atoms with Crippen molar-refractivity contribution in [3.63, 3.8) is 0 Å². The van der Waals surface area contributed by atoms with Crippen LogP contribution in [-0.4, -0.2) is 71.1 Å². The van der Waals surface area contributed by atoms with Crippen LogP contribution in [0.1, 0.15) is 79.6 Å². The van der Waals surface area contributed by atoms with Crippen molar-refractivity contribution in [1.29, 1.82) is 0 Å². The van der Waals surface area contributed by atoms with E-state index in [1.807, 2.05) is 41.2 Å². The van der Waals surface area contributed by atoms with Crippen LogP contribution in [0.2, 0.25) is 0 Å². The van der Waals surface area contributed by atoms with Crippen molar-refractivity contribution in [2.75, 3.05) is 19.8 Å². The van der Waals surface area contributed by atoms with Crippen LogP contribution in [0.5, 0.6) is 0 Å². The first-order valence-corrected chi connectivity index (χ1v) is 15.3. The van der Waals surface area contributed by atoms with Crippen molar-refractivity contribution in [2.45, 2.75) is 101 Å². The minimum absolute atomic E-state index is 0.0281. The summed E-state index contributed by atoms with van der Waals surface area (Å²) in [4.78, 5) is 22.8. The van der Waals surface area contributed by atoms with Crippen LogP contribution in [0.3, 0.4) is 0 Å². The molecule has 3 unspecified atom stereocenters. The minimum Gasteiger partial charge on any atom is -0.353 e. The number of ketones is 1. The van der Waals surface area contributed by atoms with Gasteiger partial charge < -0.3 is 23.7 Å². The average Bonchev–Trinajstić information content (AvgIpc) is 3.48. The monoisotopic (exact) mass is 581 g/mol. The highest BCUT2D eigenvalue weighted by Gasteiger charge is 2.51. The van der Waals surface area contributed by atoms with E-state index in [0.717, 1.165) is 44.0 Å². The van der Waals surface area contributed by atoms with Crippen molar-refractivity contribution in [3.8, 4) is 0 Å². The van der Waals surface area contributed by atoms with Crippen molar-refractivity contribution in [2.24, 2.45) is 0 Å². The highest BCUT2D eigenvalue weighted by molar-refractivity contribution is 6.02. The summed E-state index contributed by atoms with van der Waals surface area (Å²) in [5.74, 6) is -0.385. The molecular weight excluding hydrogens is 543 g/mol. The Kier molecular flexibility index (Phi) is 8.27. The van der Waals surface area contributed by atoms with Crippen LogP contribution in [0.15, 0.2) is 43.0 Å². The fraction of sp³-hybridized carbons (Fsp3) is 0.613. The van der Waals surface area contributed by atoms with Gasteiger partial charge >= 0.3 is 5.65 Å². The van der Waals surface area contributed by atoms with Crippen molar-refractivity contribution in [1.82, 2.24) is 14.5 Å². The van der Waals surface area contributed by atoms with E-state index >= 15 is 4.39 Å². The molecule has 3 fully saturated rings. The molecule has 4 aliphatic heterocycles. The number of imidazole rings is 1. The van der Waals surface area contributed by atoms with Crippen LogP contribution < -0.4 is 4.57 Å². The molecule has 0 N–H and O–H groups in total. The van der Waals surface area contributed by atoms with E-state index in [4.69, 9.17) is 23.7 Å². The van der Waals surface area contributed by atoms with Gasteiger partial charge in [-0.05, 0) is 51.4 Å². The van der Waals surface area contributed by atoms with E-state index in [-0.39, 0.29) is 18.7 Å². The molecule has 1 aromatic carbocycles. The first kappa shape index (κ1) is 28.0. The first-order valence-electron chi connectivity index (χ1n) is 15.3. The molecular formula is C31H38FN4O6+. The molecule has 0 radical (unpaired) electrons. The number of nitrogens with zero attached hydrogens (tertiary/aromatic N) is 4. The molecule has 3 saturated heterocycles. The lowest BCUT2D eigenvalue weighted by Crippen LogP contribution is -2.45. The van der Waals surface area contributed by atoms with E-state index in [1.54, 1.807) is 4.57 Å². The minimum atomic E-state index is -1.50. The molecule has 7 atom stereocenters. The SMILES string of the molecule is O=C(c1ccccc1)C1CCCn2c[n+]([C@@H]3O[C@H](COC4CCCCO4)[C@@H](OC4CCCCO4)[C@H]3F)c3ncnc1c32. The molecule has 0 amide bonds. The Morgan fingerprint density at radius 1 is 1.00 bits per heavy atom. The Morgan fingerprint density at radius 3 is 2.55 bits per heavy atom. The van der Waals surface area contributed by atoms with Gasteiger partial charge in [0.15, 0.2) is 42.7 Å². The zero-order valence-electron chi connectivity index (χ0n) is 23.7. The predicted octanol–water partition coefficient (Wildman–Crippen LogP) is 4.17. The average molecular weight is 582 g/mol. The topological polar surface area (TPSA) is 97.8 Å². The number of ether oxygens (including phenoxy) is 5. The fourth-order valence-electron chi connectivity index (χ4n) is 6.64. The largest absolute Gasteiger partial charge is 0.353 e. The van der Waals surface area contributed by atoms with Crippen LogP contribution in [0, 0.1) is 0 Å². The Labute approximate surface area is 244 Å². The molecule has 4 aliphatic rings. The second kappa shape index (κ2) is 12.4. The second-order valence-electron chi connectivity index (χ2n) is 11.6. The Balaban J connectivity index is 1.19. The summed E-state index contributed by atoms with van der Waals surface area (Å²) >= 11 is 0. The molecule has 2 aromatic heterocycles. The van der Waals surface area contributed by atoms with Crippen molar-refractivity contribution in [3.05, 3.63) is 54.2 Å². The third-order valence-corrected chi connectivity index (χ3v) is 8.80. The number of aryl methyl sites for hydroxylation is 1. The summed E-state index contributed by atoms with van der Waals surface area (Å²) in [6.45, 7) is 2.06. The highest BCUT2D eigenvalue weighted by Crippen LogP contribution is 2.36. The maximum absolute atomic E-state index is 16.5. The van der Waals surface area contributed by atoms with Gasteiger partial charge in [0.1, 0.15) is 17.9 Å². The van der Waals surface area contributed by atoms with E-state index in [9.17, 15) is 4.79 Å². The van der Waals surface area contributed by atoms with E-state index in [0.29, 0.717) is 49.5 Å². The number of rotatable bonds is 8. The number of alkyl halides is 1. The maximum Gasteiger partial charge on any atom is 0.307 e. The van der Waals surface area contributed by atoms with Gasteiger partial charge in [0.2, 0.25) is 6.23 Å². The first-order chi connectivity index (χ1) is 20.7. The molecule has 224 valence electrons. The fourth-order valence-corrected chi connectivity index (χ4v) is 6.64. The maximum atomic E-state index is 16.5. The van der Waals surface area contributed by atoms with Gasteiger partial charge in [0.25, 0.3) is 0 Å².